The second-order valence-corrected chi connectivity index (χ2v) is 7.07. The van der Waals surface area contributed by atoms with E-state index in [4.69, 9.17) is 5.11 Å². The van der Waals surface area contributed by atoms with Crippen molar-refractivity contribution in [1.82, 2.24) is 4.31 Å². The summed E-state index contributed by atoms with van der Waals surface area (Å²) in [6.07, 6.45) is 2.78. The van der Waals surface area contributed by atoms with Crippen molar-refractivity contribution in [2.24, 2.45) is 5.92 Å². The lowest BCUT2D eigenvalue weighted by molar-refractivity contribution is -0.137. The van der Waals surface area contributed by atoms with Gasteiger partial charge in [0.25, 0.3) is 0 Å². The molecule has 0 bridgehead atoms. The van der Waals surface area contributed by atoms with Crippen LogP contribution in [0.15, 0.2) is 29.2 Å². The molecular formula is C14H19NO4S. The number of aryl methyl sites for hydroxylation is 1. The first kappa shape index (κ1) is 15.0. The van der Waals surface area contributed by atoms with Crippen LogP contribution in [0.5, 0.6) is 0 Å². The molecular weight excluding hydrogens is 278 g/mol. The van der Waals surface area contributed by atoms with Gasteiger partial charge in [0.2, 0.25) is 10.0 Å². The SMILES string of the molecule is CCc1ccc(S(=O)(=O)N(CC(=O)O)CC2CC2)cc1. The Kier molecular flexibility index (Phi) is 4.45. The Bertz CT molecular complexity index is 576. The third kappa shape index (κ3) is 3.58. The standard InChI is InChI=1S/C14H19NO4S/c1-2-11-5-7-13(8-6-11)20(18,19)15(10-14(16)17)9-12-3-4-12/h5-8,12H,2-4,9-10H2,1H3,(H,16,17). The molecule has 20 heavy (non-hydrogen) atoms. The Morgan fingerprint density at radius 2 is 1.90 bits per heavy atom. The fourth-order valence-electron chi connectivity index (χ4n) is 2.03. The summed E-state index contributed by atoms with van der Waals surface area (Å²) in [4.78, 5) is 11.0. The molecule has 0 aliphatic heterocycles. The molecule has 110 valence electrons. The molecule has 0 amide bonds. The second-order valence-electron chi connectivity index (χ2n) is 5.13. The van der Waals surface area contributed by atoms with Gasteiger partial charge in [-0.1, -0.05) is 19.1 Å². The highest BCUT2D eigenvalue weighted by Gasteiger charge is 2.32. The van der Waals surface area contributed by atoms with Crippen molar-refractivity contribution in [2.75, 3.05) is 13.1 Å². The van der Waals surface area contributed by atoms with Crippen LogP contribution >= 0.6 is 0 Å². The van der Waals surface area contributed by atoms with Crippen molar-refractivity contribution in [3.8, 4) is 0 Å². The monoisotopic (exact) mass is 297 g/mol. The van der Waals surface area contributed by atoms with Gasteiger partial charge in [-0.2, -0.15) is 4.31 Å². The van der Waals surface area contributed by atoms with Crippen molar-refractivity contribution in [3.05, 3.63) is 29.8 Å². The smallest absolute Gasteiger partial charge is 0.318 e. The maximum absolute atomic E-state index is 12.5. The zero-order valence-corrected chi connectivity index (χ0v) is 12.3. The summed E-state index contributed by atoms with van der Waals surface area (Å²) in [5, 5.41) is 8.90. The third-order valence-corrected chi connectivity index (χ3v) is 5.27. The average molecular weight is 297 g/mol. The van der Waals surface area contributed by atoms with E-state index < -0.39 is 22.5 Å². The van der Waals surface area contributed by atoms with Gasteiger partial charge in [0.1, 0.15) is 6.54 Å². The minimum atomic E-state index is -3.72. The summed E-state index contributed by atoms with van der Waals surface area (Å²) < 4.78 is 26.1. The molecule has 1 aliphatic rings. The van der Waals surface area contributed by atoms with Gasteiger partial charge in [-0.05, 0) is 42.9 Å². The van der Waals surface area contributed by atoms with E-state index in [0.29, 0.717) is 12.5 Å². The van der Waals surface area contributed by atoms with Crippen LogP contribution in [-0.2, 0) is 21.2 Å². The molecule has 6 heteroatoms. The lowest BCUT2D eigenvalue weighted by Crippen LogP contribution is -2.37. The van der Waals surface area contributed by atoms with Gasteiger partial charge in [-0.25, -0.2) is 8.42 Å². The van der Waals surface area contributed by atoms with Crippen LogP contribution in [0, 0.1) is 5.92 Å². The molecule has 0 spiro atoms. The summed E-state index contributed by atoms with van der Waals surface area (Å²) in [6.45, 7) is 1.81. The van der Waals surface area contributed by atoms with Gasteiger partial charge in [-0.15, -0.1) is 0 Å². The van der Waals surface area contributed by atoms with Crippen molar-refractivity contribution < 1.29 is 18.3 Å². The third-order valence-electron chi connectivity index (χ3n) is 3.44. The van der Waals surface area contributed by atoms with Gasteiger partial charge in [0, 0.05) is 6.54 Å². The molecule has 1 aromatic carbocycles. The number of carbonyl (C=O) groups is 1. The van der Waals surface area contributed by atoms with E-state index in [1.807, 2.05) is 6.92 Å². The van der Waals surface area contributed by atoms with Crippen LogP contribution in [0.2, 0.25) is 0 Å². The average Bonchev–Trinajstić information content (AvgIpc) is 3.21. The molecule has 0 aromatic heterocycles. The highest BCUT2D eigenvalue weighted by Crippen LogP contribution is 2.31. The summed E-state index contributed by atoms with van der Waals surface area (Å²) in [5.74, 6) is -0.821. The minimum absolute atomic E-state index is 0.164. The Labute approximate surface area is 119 Å². The first-order valence-corrected chi connectivity index (χ1v) is 8.18. The molecule has 1 aromatic rings. The molecule has 0 heterocycles. The molecule has 0 atom stereocenters. The van der Waals surface area contributed by atoms with Gasteiger partial charge in [0.05, 0.1) is 4.90 Å². The zero-order chi connectivity index (χ0) is 14.8. The van der Waals surface area contributed by atoms with Crippen molar-refractivity contribution >= 4 is 16.0 Å². The van der Waals surface area contributed by atoms with E-state index >= 15 is 0 Å². The number of carboxylic acid groups (broad SMARTS) is 1. The maximum atomic E-state index is 12.5. The summed E-state index contributed by atoms with van der Waals surface area (Å²) in [7, 11) is -3.72. The zero-order valence-electron chi connectivity index (χ0n) is 11.4. The largest absolute Gasteiger partial charge is 0.480 e. The van der Waals surface area contributed by atoms with Crippen molar-refractivity contribution in [3.63, 3.8) is 0 Å². The van der Waals surface area contributed by atoms with Crippen molar-refractivity contribution in [1.29, 1.82) is 0 Å². The molecule has 0 unspecified atom stereocenters. The molecule has 1 fully saturated rings. The molecule has 0 radical (unpaired) electrons. The molecule has 1 aliphatic carbocycles. The van der Waals surface area contributed by atoms with E-state index in [-0.39, 0.29) is 4.90 Å². The lowest BCUT2D eigenvalue weighted by Gasteiger charge is -2.20. The summed E-state index contributed by atoms with van der Waals surface area (Å²) in [5.41, 5.74) is 1.05. The molecule has 1 N–H and O–H groups in total. The lowest BCUT2D eigenvalue weighted by atomic mass is 10.2. The maximum Gasteiger partial charge on any atom is 0.318 e. The fourth-order valence-corrected chi connectivity index (χ4v) is 3.50. The number of carboxylic acids is 1. The van der Waals surface area contributed by atoms with E-state index in [1.165, 1.54) is 0 Å². The van der Waals surface area contributed by atoms with Gasteiger partial charge in [-0.3, -0.25) is 4.79 Å². The minimum Gasteiger partial charge on any atom is -0.480 e. The number of nitrogens with zero attached hydrogens (tertiary/aromatic N) is 1. The van der Waals surface area contributed by atoms with E-state index in [1.54, 1.807) is 24.3 Å². The van der Waals surface area contributed by atoms with Crippen LogP contribution in [-0.4, -0.2) is 36.9 Å². The predicted molar refractivity (Wildman–Crippen MR) is 74.9 cm³/mol. The quantitative estimate of drug-likeness (QED) is 0.831. The number of hydrogen-bond donors (Lipinski definition) is 1. The second kappa shape index (κ2) is 5.93. The first-order chi connectivity index (χ1) is 9.43. The number of rotatable bonds is 7. The van der Waals surface area contributed by atoms with E-state index in [0.717, 1.165) is 29.1 Å². The molecule has 2 rings (SSSR count). The van der Waals surface area contributed by atoms with Crippen LogP contribution in [0.1, 0.15) is 25.3 Å². The van der Waals surface area contributed by atoms with E-state index in [9.17, 15) is 13.2 Å². The Morgan fingerprint density at radius 3 is 2.35 bits per heavy atom. The fraction of sp³-hybridized carbons (Fsp3) is 0.500. The Hall–Kier alpha value is -1.40. The van der Waals surface area contributed by atoms with Crippen LogP contribution in [0.25, 0.3) is 0 Å². The molecule has 5 nitrogen and oxygen atoms in total. The predicted octanol–water partition coefficient (Wildman–Crippen LogP) is 1.73. The van der Waals surface area contributed by atoms with Gasteiger partial charge >= 0.3 is 5.97 Å². The summed E-state index contributed by atoms with van der Waals surface area (Å²) >= 11 is 0. The van der Waals surface area contributed by atoms with E-state index in [2.05, 4.69) is 0 Å². The van der Waals surface area contributed by atoms with Crippen LogP contribution in [0.3, 0.4) is 0 Å². The Morgan fingerprint density at radius 1 is 1.30 bits per heavy atom. The number of hydrogen-bond acceptors (Lipinski definition) is 3. The number of sulfonamides is 1. The van der Waals surface area contributed by atoms with Crippen molar-refractivity contribution in [2.45, 2.75) is 31.1 Å². The highest BCUT2D eigenvalue weighted by molar-refractivity contribution is 7.89. The molecule has 0 saturated heterocycles. The normalized spacial score (nSPS) is 15.5. The van der Waals surface area contributed by atoms with Gasteiger partial charge in [0.15, 0.2) is 0 Å². The number of aliphatic carboxylic acids is 1. The summed E-state index contributed by atoms with van der Waals surface area (Å²) in [6, 6.07) is 6.64. The van der Waals surface area contributed by atoms with Gasteiger partial charge < -0.3 is 5.11 Å². The van der Waals surface area contributed by atoms with Crippen LogP contribution in [0.4, 0.5) is 0 Å². The highest BCUT2D eigenvalue weighted by atomic mass is 32.2. The first-order valence-electron chi connectivity index (χ1n) is 6.74. The van der Waals surface area contributed by atoms with Crippen LogP contribution < -0.4 is 0 Å². The molecule has 1 saturated carbocycles. The number of benzene rings is 1. The topological polar surface area (TPSA) is 74.7 Å². The Balaban J connectivity index is 2.24.